The minimum atomic E-state index is -3.47. The molecule has 0 aromatic rings. The fourth-order valence-corrected chi connectivity index (χ4v) is 6.11. The molecule has 3 atom stereocenters. The van der Waals surface area contributed by atoms with Gasteiger partial charge in [0.05, 0.1) is 11.2 Å². The number of carbonyl (C=O) groups is 1. The molecule has 1 saturated heterocycles. The van der Waals surface area contributed by atoms with E-state index in [1.54, 1.807) is 4.31 Å². The molecule has 2 rings (SSSR count). The third-order valence-electron chi connectivity index (χ3n) is 5.02. The summed E-state index contributed by atoms with van der Waals surface area (Å²) in [5.41, 5.74) is 0. The second-order valence-corrected chi connectivity index (χ2v) is 8.60. The molecule has 0 radical (unpaired) electrons. The number of carboxylic acid groups (broad SMARTS) is 1. The first-order valence-corrected chi connectivity index (χ1v) is 9.69. The largest absolute Gasteiger partial charge is 0.481 e. The summed E-state index contributed by atoms with van der Waals surface area (Å²) in [7, 11) is -3.47. The highest BCUT2D eigenvalue weighted by Gasteiger charge is 2.44. The molecular weight excluding hydrogens is 290 g/mol. The maximum atomic E-state index is 12.8. The van der Waals surface area contributed by atoms with Gasteiger partial charge in [0.2, 0.25) is 10.0 Å². The Balaban J connectivity index is 2.07. The van der Waals surface area contributed by atoms with Crippen LogP contribution in [0.5, 0.6) is 0 Å². The van der Waals surface area contributed by atoms with Gasteiger partial charge in [-0.3, -0.25) is 4.79 Å². The van der Waals surface area contributed by atoms with Gasteiger partial charge in [-0.1, -0.05) is 26.2 Å². The summed E-state index contributed by atoms with van der Waals surface area (Å²) in [5, 5.41) is 8.52. The van der Waals surface area contributed by atoms with Gasteiger partial charge >= 0.3 is 5.97 Å². The number of nitrogens with zero attached hydrogens (tertiary/aromatic N) is 1. The van der Waals surface area contributed by atoms with Gasteiger partial charge in [0.1, 0.15) is 0 Å². The van der Waals surface area contributed by atoms with E-state index in [2.05, 4.69) is 6.92 Å². The molecule has 0 aromatic carbocycles. The van der Waals surface area contributed by atoms with Crippen molar-refractivity contribution in [2.24, 2.45) is 11.8 Å². The number of hydrogen-bond acceptors (Lipinski definition) is 3. The van der Waals surface area contributed by atoms with Crippen molar-refractivity contribution in [1.29, 1.82) is 0 Å². The smallest absolute Gasteiger partial charge is 0.307 e. The van der Waals surface area contributed by atoms with Gasteiger partial charge in [0.15, 0.2) is 0 Å². The Morgan fingerprint density at radius 3 is 2.57 bits per heavy atom. The Labute approximate surface area is 127 Å². The van der Waals surface area contributed by atoms with Crippen LogP contribution in [0.1, 0.15) is 58.3 Å². The molecule has 0 amide bonds. The number of carboxylic acids is 1. The van der Waals surface area contributed by atoms with Gasteiger partial charge in [0, 0.05) is 13.1 Å². The molecule has 1 heterocycles. The third-order valence-corrected chi connectivity index (χ3v) is 7.43. The second kappa shape index (κ2) is 7.09. The minimum Gasteiger partial charge on any atom is -0.481 e. The molecule has 6 heteroatoms. The summed E-state index contributed by atoms with van der Waals surface area (Å²) < 4.78 is 27.1. The zero-order chi connectivity index (χ0) is 15.5. The summed E-state index contributed by atoms with van der Waals surface area (Å²) >= 11 is 0. The van der Waals surface area contributed by atoms with E-state index in [1.807, 2.05) is 0 Å². The molecular formula is C15H27NO4S. The van der Waals surface area contributed by atoms with Crippen molar-refractivity contribution < 1.29 is 18.3 Å². The normalized spacial score (nSPS) is 32.0. The van der Waals surface area contributed by atoms with Gasteiger partial charge in [-0.25, -0.2) is 12.7 Å². The fourth-order valence-electron chi connectivity index (χ4n) is 3.85. The molecule has 3 unspecified atom stereocenters. The predicted molar refractivity (Wildman–Crippen MR) is 81.5 cm³/mol. The SMILES string of the molecule is CCCC1CCCN(S(=O)(=O)C2CCCC2C(=O)O)CC1. The third kappa shape index (κ3) is 3.77. The molecule has 2 aliphatic rings. The number of hydrogen-bond donors (Lipinski definition) is 1. The first-order chi connectivity index (χ1) is 9.96. The van der Waals surface area contributed by atoms with Gasteiger partial charge in [0.25, 0.3) is 0 Å². The van der Waals surface area contributed by atoms with Crippen LogP contribution in [-0.2, 0) is 14.8 Å². The molecule has 0 aromatic heterocycles. The Hall–Kier alpha value is -0.620. The summed E-state index contributed by atoms with van der Waals surface area (Å²) in [6.07, 6.45) is 6.89. The Kier molecular flexibility index (Phi) is 5.66. The van der Waals surface area contributed by atoms with Crippen LogP contribution in [0.3, 0.4) is 0 Å². The van der Waals surface area contributed by atoms with Gasteiger partial charge in [-0.2, -0.15) is 0 Å². The Morgan fingerprint density at radius 2 is 1.90 bits per heavy atom. The van der Waals surface area contributed by atoms with Crippen LogP contribution in [0, 0.1) is 11.8 Å². The van der Waals surface area contributed by atoms with E-state index in [1.165, 1.54) is 0 Å². The molecule has 122 valence electrons. The standard InChI is InChI=1S/C15H27NO4S/c1-2-5-12-6-4-10-16(11-9-12)21(19,20)14-8-3-7-13(14)15(17)18/h12-14H,2-11H2,1H3,(H,17,18). The second-order valence-electron chi connectivity index (χ2n) is 6.44. The maximum Gasteiger partial charge on any atom is 0.307 e. The maximum absolute atomic E-state index is 12.8. The van der Waals surface area contributed by atoms with E-state index in [-0.39, 0.29) is 0 Å². The van der Waals surface area contributed by atoms with Crippen LogP contribution in [0.2, 0.25) is 0 Å². The number of sulfonamides is 1. The Bertz CT molecular complexity index is 462. The number of aliphatic carboxylic acids is 1. The minimum absolute atomic E-state index is 0.492. The molecule has 1 aliphatic heterocycles. The molecule has 5 nitrogen and oxygen atoms in total. The van der Waals surface area contributed by atoms with E-state index in [0.29, 0.717) is 38.3 Å². The van der Waals surface area contributed by atoms with Gasteiger partial charge < -0.3 is 5.11 Å². The molecule has 1 aliphatic carbocycles. The highest BCUT2D eigenvalue weighted by Crippen LogP contribution is 2.34. The summed E-state index contributed by atoms with van der Waals surface area (Å²) in [6.45, 7) is 3.29. The monoisotopic (exact) mass is 317 g/mol. The summed E-state index contributed by atoms with van der Waals surface area (Å²) in [6, 6.07) is 0. The molecule has 21 heavy (non-hydrogen) atoms. The Morgan fingerprint density at radius 1 is 1.14 bits per heavy atom. The van der Waals surface area contributed by atoms with Crippen molar-refractivity contribution in [3.63, 3.8) is 0 Å². The van der Waals surface area contributed by atoms with Crippen molar-refractivity contribution >= 4 is 16.0 Å². The van der Waals surface area contributed by atoms with Crippen molar-refractivity contribution in [3.8, 4) is 0 Å². The number of rotatable bonds is 5. The lowest BCUT2D eigenvalue weighted by atomic mass is 9.96. The van der Waals surface area contributed by atoms with E-state index >= 15 is 0 Å². The lowest BCUT2D eigenvalue weighted by molar-refractivity contribution is -0.141. The van der Waals surface area contributed by atoms with E-state index < -0.39 is 27.2 Å². The molecule has 0 spiro atoms. The molecule has 1 saturated carbocycles. The quantitative estimate of drug-likeness (QED) is 0.845. The van der Waals surface area contributed by atoms with Crippen LogP contribution in [0.4, 0.5) is 0 Å². The first-order valence-electron chi connectivity index (χ1n) is 8.18. The van der Waals surface area contributed by atoms with Crippen LogP contribution < -0.4 is 0 Å². The summed E-state index contributed by atoms with van der Waals surface area (Å²) in [4.78, 5) is 11.3. The molecule has 0 bridgehead atoms. The molecule has 2 fully saturated rings. The van der Waals surface area contributed by atoms with Crippen LogP contribution in [0.15, 0.2) is 0 Å². The average molecular weight is 317 g/mol. The van der Waals surface area contributed by atoms with Crippen molar-refractivity contribution in [2.45, 2.75) is 63.5 Å². The predicted octanol–water partition coefficient (Wildman–Crippen LogP) is 2.47. The highest BCUT2D eigenvalue weighted by atomic mass is 32.2. The van der Waals surface area contributed by atoms with Crippen LogP contribution >= 0.6 is 0 Å². The topological polar surface area (TPSA) is 74.7 Å². The van der Waals surface area contributed by atoms with Crippen molar-refractivity contribution in [3.05, 3.63) is 0 Å². The summed E-state index contributed by atoms with van der Waals surface area (Å²) in [5.74, 6) is -1.06. The first kappa shape index (κ1) is 16.7. The lowest BCUT2D eigenvalue weighted by Crippen LogP contribution is -2.42. The zero-order valence-electron chi connectivity index (χ0n) is 12.8. The zero-order valence-corrected chi connectivity index (χ0v) is 13.6. The van der Waals surface area contributed by atoms with Crippen LogP contribution in [-0.4, -0.2) is 42.1 Å². The highest BCUT2D eigenvalue weighted by molar-refractivity contribution is 7.89. The van der Waals surface area contributed by atoms with Gasteiger partial charge in [-0.15, -0.1) is 0 Å². The lowest BCUT2D eigenvalue weighted by Gasteiger charge is -2.26. The van der Waals surface area contributed by atoms with E-state index in [0.717, 1.165) is 32.1 Å². The van der Waals surface area contributed by atoms with E-state index in [4.69, 9.17) is 0 Å². The van der Waals surface area contributed by atoms with Crippen LogP contribution in [0.25, 0.3) is 0 Å². The molecule has 1 N–H and O–H groups in total. The average Bonchev–Trinajstić information content (AvgIpc) is 2.81. The van der Waals surface area contributed by atoms with E-state index in [9.17, 15) is 18.3 Å². The fraction of sp³-hybridized carbons (Fsp3) is 0.933. The van der Waals surface area contributed by atoms with Crippen molar-refractivity contribution in [2.75, 3.05) is 13.1 Å². The van der Waals surface area contributed by atoms with Crippen molar-refractivity contribution in [1.82, 2.24) is 4.31 Å². The van der Waals surface area contributed by atoms with Gasteiger partial charge in [-0.05, 0) is 38.0 Å².